The summed E-state index contributed by atoms with van der Waals surface area (Å²) < 4.78 is 0. The van der Waals surface area contributed by atoms with Gasteiger partial charge in [-0.2, -0.15) is 0 Å². The van der Waals surface area contributed by atoms with Crippen LogP contribution in [0.4, 0.5) is 5.69 Å². The number of aryl methyl sites for hydroxylation is 1. The molecule has 3 N–H and O–H groups in total. The Hall–Kier alpha value is -4.20. The maximum atomic E-state index is 11.6. The van der Waals surface area contributed by atoms with Gasteiger partial charge in [0.1, 0.15) is 5.84 Å². The number of carbonyl (C=O) groups excluding carboxylic acids is 1. The molecule has 0 spiro atoms. The van der Waals surface area contributed by atoms with Crippen molar-refractivity contribution >= 4 is 30.2 Å². The third kappa shape index (κ3) is 8.65. The van der Waals surface area contributed by atoms with E-state index < -0.39 is 0 Å². The average molecular weight is 565 g/mol. The van der Waals surface area contributed by atoms with Crippen molar-refractivity contribution < 1.29 is 4.79 Å². The lowest BCUT2D eigenvalue weighted by atomic mass is 9.89. The van der Waals surface area contributed by atoms with Gasteiger partial charge in [-0.3, -0.25) is 14.8 Å². The summed E-state index contributed by atoms with van der Waals surface area (Å²) in [5.74, 6) is 1.01. The Morgan fingerprint density at radius 2 is 1.83 bits per heavy atom. The van der Waals surface area contributed by atoms with E-state index in [1.165, 1.54) is 25.5 Å². The summed E-state index contributed by atoms with van der Waals surface area (Å²) in [4.78, 5) is 27.1. The van der Waals surface area contributed by atoms with Gasteiger partial charge in [0.25, 0.3) is 0 Å². The fraction of sp³-hybridized carbons (Fsp3) is 0.314. The number of aliphatic imine (C=N–C) groups is 2. The van der Waals surface area contributed by atoms with E-state index >= 15 is 0 Å². The van der Waals surface area contributed by atoms with Crippen LogP contribution in [-0.2, 0) is 4.79 Å². The molecule has 3 aromatic rings. The number of amidine groups is 1. The SMILES string of the molecule is C=N/C=C(/C=C(\CC)c1ccc(-c2cccnc2)cc1C)C(=Nc1ccc(C2CCN(CC)CC2)cc1)NC=O.CN. The maximum absolute atomic E-state index is 11.6. The molecule has 0 saturated carbocycles. The van der Waals surface area contributed by atoms with Crippen LogP contribution < -0.4 is 11.1 Å². The van der Waals surface area contributed by atoms with Gasteiger partial charge in [-0.05, 0) is 123 Å². The molecule has 1 aromatic heterocycles. The van der Waals surface area contributed by atoms with E-state index in [1.54, 1.807) is 12.4 Å². The largest absolute Gasteiger partial charge is 0.333 e. The van der Waals surface area contributed by atoms with Gasteiger partial charge in [0.15, 0.2) is 0 Å². The quantitative estimate of drug-likeness (QED) is 0.124. The Balaban J connectivity index is 0.00000237. The standard InChI is InChI=1S/C34H39N5O.CH5N/c1-5-26(33-14-11-29(20-25(33)3)30-8-7-17-36-23-30)21-31(22-35-4)34(37-24-40)38-32-12-9-27(10-13-32)28-15-18-39(6-2)19-16-28;1-2/h7-14,17,20-24,28H,4-6,15-16,18-19H2,1-3H3,(H,37,38,40);2H2,1H3/b26-21+,31-22-;. The zero-order valence-corrected chi connectivity index (χ0v) is 25.4. The molecule has 2 aromatic carbocycles. The van der Waals surface area contributed by atoms with Crippen molar-refractivity contribution in [3.05, 3.63) is 102 Å². The van der Waals surface area contributed by atoms with Crippen molar-refractivity contribution in [2.75, 3.05) is 26.7 Å². The number of carbonyl (C=O) groups is 1. The molecule has 0 radical (unpaired) electrons. The Bertz CT molecular complexity index is 1380. The van der Waals surface area contributed by atoms with Crippen molar-refractivity contribution in [3.8, 4) is 11.1 Å². The van der Waals surface area contributed by atoms with E-state index in [2.05, 4.69) is 89.8 Å². The van der Waals surface area contributed by atoms with Gasteiger partial charge in [0.05, 0.1) is 5.69 Å². The molecular weight excluding hydrogens is 520 g/mol. The minimum Gasteiger partial charge on any atom is -0.333 e. The van der Waals surface area contributed by atoms with Crippen molar-refractivity contribution in [2.24, 2.45) is 15.7 Å². The molecule has 42 heavy (non-hydrogen) atoms. The smallest absolute Gasteiger partial charge is 0.212 e. The minimum atomic E-state index is 0.432. The highest BCUT2D eigenvalue weighted by molar-refractivity contribution is 6.07. The highest BCUT2D eigenvalue weighted by atomic mass is 16.1. The number of allylic oxidation sites excluding steroid dienone is 1. The van der Waals surface area contributed by atoms with Gasteiger partial charge >= 0.3 is 0 Å². The molecule has 220 valence electrons. The zero-order chi connectivity index (χ0) is 30.3. The molecule has 1 aliphatic heterocycles. The molecule has 4 rings (SSSR count). The van der Waals surface area contributed by atoms with Crippen molar-refractivity contribution in [1.82, 2.24) is 15.2 Å². The number of amides is 1. The first kappa shape index (κ1) is 32.3. The zero-order valence-electron chi connectivity index (χ0n) is 25.4. The van der Waals surface area contributed by atoms with Crippen LogP contribution in [0.3, 0.4) is 0 Å². The number of nitrogens with zero attached hydrogens (tertiary/aromatic N) is 4. The number of rotatable bonds is 10. The third-order valence-corrected chi connectivity index (χ3v) is 7.62. The van der Waals surface area contributed by atoms with Crippen LogP contribution in [0.25, 0.3) is 16.7 Å². The van der Waals surface area contributed by atoms with Gasteiger partial charge in [0, 0.05) is 24.2 Å². The number of pyridine rings is 1. The average Bonchev–Trinajstić information content (AvgIpc) is 3.05. The number of piperidine rings is 1. The number of nitrogens with one attached hydrogen (secondary N) is 1. The minimum absolute atomic E-state index is 0.432. The molecule has 1 aliphatic rings. The summed E-state index contributed by atoms with van der Waals surface area (Å²) in [5.41, 5.74) is 12.9. The summed E-state index contributed by atoms with van der Waals surface area (Å²) in [5, 5.41) is 2.79. The predicted molar refractivity (Wildman–Crippen MR) is 177 cm³/mol. The number of hydrogen-bond acceptors (Lipinski definition) is 6. The number of aromatic nitrogens is 1. The lowest BCUT2D eigenvalue weighted by Crippen LogP contribution is -2.32. The van der Waals surface area contributed by atoms with E-state index in [4.69, 9.17) is 4.99 Å². The molecule has 7 nitrogen and oxygen atoms in total. The fourth-order valence-corrected chi connectivity index (χ4v) is 5.33. The van der Waals surface area contributed by atoms with Gasteiger partial charge in [-0.1, -0.05) is 50.2 Å². The summed E-state index contributed by atoms with van der Waals surface area (Å²) >= 11 is 0. The van der Waals surface area contributed by atoms with Crippen molar-refractivity contribution in [2.45, 2.75) is 46.0 Å². The van der Waals surface area contributed by atoms with E-state index in [0.29, 0.717) is 23.7 Å². The van der Waals surface area contributed by atoms with Crippen LogP contribution in [0.1, 0.15) is 55.7 Å². The molecule has 0 atom stereocenters. The van der Waals surface area contributed by atoms with Crippen molar-refractivity contribution in [1.29, 1.82) is 0 Å². The lowest BCUT2D eigenvalue weighted by Gasteiger charge is -2.31. The van der Waals surface area contributed by atoms with E-state index in [1.807, 2.05) is 30.5 Å². The summed E-state index contributed by atoms with van der Waals surface area (Å²) in [7, 11) is 1.50. The number of benzene rings is 2. The first-order chi connectivity index (χ1) is 20.6. The molecule has 0 unspecified atom stereocenters. The molecule has 0 bridgehead atoms. The van der Waals surface area contributed by atoms with E-state index in [-0.39, 0.29) is 0 Å². The van der Waals surface area contributed by atoms with Gasteiger partial charge in [-0.15, -0.1) is 0 Å². The summed E-state index contributed by atoms with van der Waals surface area (Å²) in [6, 6.07) is 18.8. The third-order valence-electron chi connectivity index (χ3n) is 7.62. The fourth-order valence-electron chi connectivity index (χ4n) is 5.33. The Morgan fingerprint density at radius 3 is 2.40 bits per heavy atom. The molecule has 7 heteroatoms. The van der Waals surface area contributed by atoms with Gasteiger partial charge in [-0.25, -0.2) is 4.99 Å². The second-order valence-corrected chi connectivity index (χ2v) is 10.1. The second kappa shape index (κ2) is 16.9. The normalized spacial score (nSPS) is 15.0. The highest BCUT2D eigenvalue weighted by Gasteiger charge is 2.19. The highest BCUT2D eigenvalue weighted by Crippen LogP contribution is 2.30. The topological polar surface area (TPSA) is 96.0 Å². The van der Waals surface area contributed by atoms with Crippen molar-refractivity contribution in [3.63, 3.8) is 0 Å². The Morgan fingerprint density at radius 1 is 1.10 bits per heavy atom. The number of nitrogens with two attached hydrogens (primary N) is 1. The first-order valence-electron chi connectivity index (χ1n) is 14.6. The summed E-state index contributed by atoms with van der Waals surface area (Å²) in [6.45, 7) is 13.5. The van der Waals surface area contributed by atoms with E-state index in [9.17, 15) is 4.79 Å². The number of hydrogen-bond donors (Lipinski definition) is 2. The molecular formula is C35H44N6O. The van der Waals surface area contributed by atoms with Crippen LogP contribution >= 0.6 is 0 Å². The number of likely N-dealkylation sites (tertiary alicyclic amines) is 1. The Kier molecular flexibility index (Phi) is 13.0. The molecule has 1 amide bonds. The lowest BCUT2D eigenvalue weighted by molar-refractivity contribution is -0.108. The second-order valence-electron chi connectivity index (χ2n) is 10.1. The van der Waals surface area contributed by atoms with Gasteiger partial charge < -0.3 is 16.0 Å². The van der Waals surface area contributed by atoms with Crippen LogP contribution in [-0.4, -0.2) is 55.5 Å². The molecule has 1 saturated heterocycles. The Labute approximate surface area is 251 Å². The molecule has 1 fully saturated rings. The van der Waals surface area contributed by atoms with Crippen LogP contribution in [0.15, 0.2) is 94.8 Å². The maximum Gasteiger partial charge on any atom is 0.212 e. The first-order valence-corrected chi connectivity index (χ1v) is 14.6. The molecule has 2 heterocycles. The van der Waals surface area contributed by atoms with Crippen LogP contribution in [0.2, 0.25) is 0 Å². The predicted octanol–water partition coefficient (Wildman–Crippen LogP) is 6.69. The molecule has 0 aliphatic carbocycles. The monoisotopic (exact) mass is 564 g/mol. The van der Waals surface area contributed by atoms with Gasteiger partial charge in [0.2, 0.25) is 6.41 Å². The summed E-state index contributed by atoms with van der Waals surface area (Å²) in [6.07, 6.45) is 11.1. The van der Waals surface area contributed by atoms with Crippen LogP contribution in [0.5, 0.6) is 0 Å². The van der Waals surface area contributed by atoms with Crippen LogP contribution in [0, 0.1) is 6.92 Å². The van der Waals surface area contributed by atoms with E-state index in [0.717, 1.165) is 59.6 Å².